The van der Waals surface area contributed by atoms with Crippen LogP contribution in [-0.4, -0.2) is 0 Å². The lowest BCUT2D eigenvalue weighted by Gasteiger charge is -2.14. The second kappa shape index (κ2) is 16.6. The van der Waals surface area contributed by atoms with Crippen molar-refractivity contribution in [2.75, 3.05) is 0 Å². The fraction of sp³-hybridized carbons (Fsp3) is 0.148. The minimum atomic E-state index is 0.921. The smallest absolute Gasteiger partial charge is 0.0290 e. The highest BCUT2D eigenvalue weighted by Crippen LogP contribution is 2.24. The lowest BCUT2D eigenvalue weighted by molar-refractivity contribution is 0.914. The van der Waals surface area contributed by atoms with Crippen molar-refractivity contribution in [3.63, 3.8) is 0 Å². The van der Waals surface area contributed by atoms with Crippen LogP contribution in [0.1, 0.15) is 77.9 Å². The summed E-state index contributed by atoms with van der Waals surface area (Å²) in [5.74, 6) is 32.7. The van der Waals surface area contributed by atoms with Gasteiger partial charge in [0.25, 0.3) is 0 Å². The van der Waals surface area contributed by atoms with Crippen LogP contribution >= 0.6 is 0 Å². The van der Waals surface area contributed by atoms with Crippen LogP contribution in [0, 0.1) is 59.2 Å². The fourth-order valence-electron chi connectivity index (χ4n) is 7.15. The topological polar surface area (TPSA) is 0 Å². The average Bonchev–Trinajstić information content (AvgIpc) is 3.20. The van der Waals surface area contributed by atoms with E-state index in [1.54, 1.807) is 0 Å². The Morgan fingerprint density at radius 2 is 0.556 bits per heavy atom. The summed E-state index contributed by atoms with van der Waals surface area (Å²) in [6.07, 6.45) is 7.43. The Balaban J connectivity index is 1.01. The first-order valence-electron chi connectivity index (χ1n) is 18.9. The molecule has 6 aromatic carbocycles. The molecule has 0 heterocycles. The van der Waals surface area contributed by atoms with Crippen molar-refractivity contribution >= 4 is 0 Å². The maximum atomic E-state index is 3.66. The Bertz CT molecular complexity index is 2480. The van der Waals surface area contributed by atoms with E-state index < -0.39 is 0 Å². The fourth-order valence-corrected chi connectivity index (χ4v) is 7.15. The van der Waals surface area contributed by atoms with Gasteiger partial charge in [-0.2, -0.15) is 0 Å². The summed E-state index contributed by atoms with van der Waals surface area (Å²) in [5.41, 5.74) is 16.8. The molecule has 0 saturated heterocycles. The van der Waals surface area contributed by atoms with Gasteiger partial charge in [0.05, 0.1) is 0 Å². The van der Waals surface area contributed by atoms with Crippen LogP contribution < -0.4 is 0 Å². The molecule has 6 aromatic rings. The van der Waals surface area contributed by atoms with Crippen LogP contribution in [0.15, 0.2) is 133 Å². The van der Waals surface area contributed by atoms with Gasteiger partial charge in [-0.25, -0.2) is 0 Å². The molecule has 8 aliphatic carbocycles. The third kappa shape index (κ3) is 8.76. The van der Waals surface area contributed by atoms with Gasteiger partial charge in [0, 0.05) is 33.4 Å². The summed E-state index contributed by atoms with van der Waals surface area (Å²) in [5, 5.41) is 0. The van der Waals surface area contributed by atoms with Gasteiger partial charge in [-0.3, -0.25) is 0 Å². The molecule has 0 saturated carbocycles. The Labute approximate surface area is 320 Å². The Morgan fingerprint density at radius 3 is 0.889 bits per heavy atom. The first kappa shape index (κ1) is 34.2. The summed E-state index contributed by atoms with van der Waals surface area (Å²) in [6, 6.07) is 47.4. The van der Waals surface area contributed by atoms with E-state index in [0.29, 0.717) is 0 Å². The van der Waals surface area contributed by atoms with Gasteiger partial charge in [-0.1, -0.05) is 120 Å². The maximum absolute atomic E-state index is 3.66. The maximum Gasteiger partial charge on any atom is 0.0290 e. The van der Waals surface area contributed by atoms with Gasteiger partial charge < -0.3 is 0 Å². The average molecular weight is 687 g/mol. The minimum absolute atomic E-state index is 0.921. The molecule has 0 N–H and O–H groups in total. The van der Waals surface area contributed by atoms with E-state index in [0.717, 1.165) is 84.7 Å². The molecule has 14 rings (SSSR count). The molecule has 54 heavy (non-hydrogen) atoms. The molecule has 0 nitrogen and oxygen atoms in total. The van der Waals surface area contributed by atoms with Crippen molar-refractivity contribution in [1.29, 1.82) is 0 Å². The number of benzene rings is 6. The second-order valence-electron chi connectivity index (χ2n) is 13.9. The van der Waals surface area contributed by atoms with Gasteiger partial charge in [-0.05, 0) is 168 Å². The van der Waals surface area contributed by atoms with E-state index in [1.807, 2.05) is 60.7 Å². The van der Waals surface area contributed by atoms with Crippen LogP contribution in [0.25, 0.3) is 0 Å². The van der Waals surface area contributed by atoms with Crippen LogP contribution in [0.3, 0.4) is 0 Å². The quantitative estimate of drug-likeness (QED) is 0.140. The van der Waals surface area contributed by atoms with E-state index in [2.05, 4.69) is 132 Å². The van der Waals surface area contributed by atoms with E-state index >= 15 is 0 Å². The number of hydrogen-bond acceptors (Lipinski definition) is 0. The molecule has 0 spiro atoms. The lowest BCUT2D eigenvalue weighted by atomic mass is 9.90. The molecule has 8 bridgehead atoms. The molecule has 0 heteroatoms. The van der Waals surface area contributed by atoms with Gasteiger partial charge >= 0.3 is 0 Å². The molecule has 0 fully saturated rings. The molecule has 0 atom stereocenters. The summed E-state index contributed by atoms with van der Waals surface area (Å²) >= 11 is 0. The molecule has 0 amide bonds. The highest BCUT2D eigenvalue weighted by atomic mass is 14.2. The molecule has 0 radical (unpaired) electrons. The zero-order chi connectivity index (χ0) is 36.4. The SMILES string of the molecule is C(C#Cc1cc2ccc1CCc1ccc(c(C#Cc3cc4ccc3CCc3ccc(c(C#CC#Cc5ccccc5)c3)CC4)c1)CC2)#Cc1ccccc1. The van der Waals surface area contributed by atoms with Gasteiger partial charge in [0.1, 0.15) is 0 Å². The summed E-state index contributed by atoms with van der Waals surface area (Å²) < 4.78 is 0. The molecule has 254 valence electrons. The van der Waals surface area contributed by atoms with E-state index in [9.17, 15) is 0 Å². The zero-order valence-corrected chi connectivity index (χ0v) is 30.4. The predicted molar refractivity (Wildman–Crippen MR) is 222 cm³/mol. The highest BCUT2D eigenvalue weighted by molar-refractivity contribution is 5.54. The minimum Gasteiger partial charge on any atom is -0.0622 e. The normalized spacial score (nSPS) is 12.2. The molecular weight excluding hydrogens is 649 g/mol. The summed E-state index contributed by atoms with van der Waals surface area (Å²) in [6.45, 7) is 0. The van der Waals surface area contributed by atoms with Gasteiger partial charge in [0.15, 0.2) is 0 Å². The van der Waals surface area contributed by atoms with E-state index in [1.165, 1.54) is 44.5 Å². The monoisotopic (exact) mass is 686 g/mol. The summed E-state index contributed by atoms with van der Waals surface area (Å²) in [7, 11) is 0. The highest BCUT2D eigenvalue weighted by Gasteiger charge is 2.12. The van der Waals surface area contributed by atoms with Gasteiger partial charge in [0.2, 0.25) is 0 Å². The first-order chi connectivity index (χ1) is 26.7. The van der Waals surface area contributed by atoms with Crippen LogP contribution in [0.4, 0.5) is 0 Å². The predicted octanol–water partition coefficient (Wildman–Crippen LogP) is 9.66. The summed E-state index contributed by atoms with van der Waals surface area (Å²) in [4.78, 5) is 0. The Morgan fingerprint density at radius 1 is 0.259 bits per heavy atom. The molecule has 8 aliphatic rings. The second-order valence-corrected chi connectivity index (χ2v) is 13.9. The third-order valence-electron chi connectivity index (χ3n) is 10.2. The largest absolute Gasteiger partial charge is 0.0622 e. The van der Waals surface area contributed by atoms with Crippen molar-refractivity contribution in [2.45, 2.75) is 51.4 Å². The zero-order valence-electron chi connectivity index (χ0n) is 30.4. The first-order valence-corrected chi connectivity index (χ1v) is 18.9. The molecule has 0 aromatic heterocycles. The molecule has 0 unspecified atom stereocenters. The van der Waals surface area contributed by atoms with E-state index in [4.69, 9.17) is 0 Å². The van der Waals surface area contributed by atoms with Crippen molar-refractivity contribution in [1.82, 2.24) is 0 Å². The van der Waals surface area contributed by atoms with Crippen molar-refractivity contribution in [3.05, 3.63) is 211 Å². The number of rotatable bonds is 0. The van der Waals surface area contributed by atoms with Crippen LogP contribution in [-0.2, 0) is 51.4 Å². The van der Waals surface area contributed by atoms with Crippen LogP contribution in [0.5, 0.6) is 0 Å². The van der Waals surface area contributed by atoms with Crippen molar-refractivity contribution < 1.29 is 0 Å². The third-order valence-corrected chi connectivity index (χ3v) is 10.2. The van der Waals surface area contributed by atoms with Crippen molar-refractivity contribution in [3.8, 4) is 59.2 Å². The van der Waals surface area contributed by atoms with Gasteiger partial charge in [-0.15, -0.1) is 0 Å². The standard InChI is InChI=1S/C54H38/c1-3-11-41(12-4-1)15-7-9-17-51-37-43-19-27-47(51)29-21-45-25-33-49(31-23-43)53(39-45)35-36-54-40-46-22-30-48-28-20-44(24-32-50(54)34-26-46)38-52(48)18-10-8-16-42-13-5-2-6-14-42/h1-6,11-14,19-20,25-28,33-34,37-40H,21-24,29-32H2. The Kier molecular flexibility index (Phi) is 10.5. The van der Waals surface area contributed by atoms with E-state index in [-0.39, 0.29) is 0 Å². The van der Waals surface area contributed by atoms with Crippen molar-refractivity contribution in [2.24, 2.45) is 0 Å². The Hall–Kier alpha value is -6.88. The number of hydrogen-bond donors (Lipinski definition) is 0. The molecule has 0 aliphatic heterocycles. The molecular formula is C54H38. The van der Waals surface area contributed by atoms with Crippen LogP contribution in [0.2, 0.25) is 0 Å². The lowest BCUT2D eigenvalue weighted by Crippen LogP contribution is -2.03. The number of aryl methyl sites for hydroxylation is 8.